The Balaban J connectivity index is 0.923. The predicted molar refractivity (Wildman–Crippen MR) is 264 cm³/mol. The van der Waals surface area contributed by atoms with Crippen molar-refractivity contribution in [1.82, 2.24) is 4.57 Å². The van der Waals surface area contributed by atoms with E-state index in [2.05, 4.69) is 252 Å². The lowest BCUT2D eigenvalue weighted by Crippen LogP contribution is -2.09. The van der Waals surface area contributed by atoms with Crippen molar-refractivity contribution in [3.05, 3.63) is 243 Å². The van der Waals surface area contributed by atoms with E-state index in [1.165, 1.54) is 87.5 Å². The molecule has 0 aliphatic rings. The van der Waals surface area contributed by atoms with Gasteiger partial charge in [-0.05, 0) is 121 Å². The van der Waals surface area contributed by atoms with Gasteiger partial charge in [-0.25, -0.2) is 0 Å². The molecular weight excluding hydrogens is 749 g/mol. The van der Waals surface area contributed by atoms with Gasteiger partial charge in [-0.2, -0.15) is 0 Å². The van der Waals surface area contributed by atoms with Crippen LogP contribution in [0.1, 0.15) is 0 Å². The van der Waals surface area contributed by atoms with E-state index in [0.717, 1.165) is 22.7 Å². The van der Waals surface area contributed by atoms with E-state index in [1.54, 1.807) is 0 Å². The summed E-state index contributed by atoms with van der Waals surface area (Å²) in [6, 6.07) is 88.4. The van der Waals surface area contributed by atoms with Crippen LogP contribution in [0.15, 0.2) is 243 Å². The molecule has 0 N–H and O–H groups in total. The summed E-state index contributed by atoms with van der Waals surface area (Å²) in [5.41, 5.74) is 14.0. The second kappa shape index (κ2) is 14.8. The summed E-state index contributed by atoms with van der Waals surface area (Å²) in [5, 5.41) is 10.2. The third-order valence-corrected chi connectivity index (χ3v) is 12.6. The van der Waals surface area contributed by atoms with Crippen molar-refractivity contribution in [2.45, 2.75) is 0 Å². The van der Waals surface area contributed by atoms with Crippen LogP contribution in [0, 0.1) is 0 Å². The van der Waals surface area contributed by atoms with E-state index < -0.39 is 0 Å². The summed E-state index contributed by atoms with van der Waals surface area (Å²) in [6.45, 7) is 0. The van der Waals surface area contributed by atoms with Gasteiger partial charge < -0.3 is 9.47 Å². The fourth-order valence-corrected chi connectivity index (χ4v) is 9.58. The second-order valence-corrected chi connectivity index (χ2v) is 16.1. The molecule has 0 fully saturated rings. The van der Waals surface area contributed by atoms with Crippen molar-refractivity contribution in [3.8, 4) is 39.1 Å². The van der Waals surface area contributed by atoms with E-state index in [1.807, 2.05) is 0 Å². The number of anilines is 3. The number of benzene rings is 11. The molecule has 2 nitrogen and oxygen atoms in total. The number of hydrogen-bond donors (Lipinski definition) is 0. The normalized spacial score (nSPS) is 11.5. The van der Waals surface area contributed by atoms with Gasteiger partial charge in [0.05, 0.1) is 16.7 Å². The van der Waals surface area contributed by atoms with Crippen LogP contribution in [0.2, 0.25) is 0 Å². The zero-order chi connectivity index (χ0) is 41.0. The summed E-state index contributed by atoms with van der Waals surface area (Å²) in [7, 11) is 0. The minimum Gasteiger partial charge on any atom is -0.311 e. The van der Waals surface area contributed by atoms with Gasteiger partial charge in [0, 0.05) is 33.4 Å². The molecule has 11 aromatic carbocycles. The molecule has 0 saturated carbocycles. The maximum Gasteiger partial charge on any atom is 0.0541 e. The van der Waals surface area contributed by atoms with Gasteiger partial charge in [0.2, 0.25) is 0 Å². The lowest BCUT2D eigenvalue weighted by atomic mass is 9.95. The third-order valence-electron chi connectivity index (χ3n) is 12.6. The average Bonchev–Trinajstić information content (AvgIpc) is 3.69. The fraction of sp³-hybridized carbons (Fsp3) is 0. The maximum atomic E-state index is 2.41. The van der Waals surface area contributed by atoms with Crippen molar-refractivity contribution in [2.24, 2.45) is 0 Å². The van der Waals surface area contributed by atoms with Crippen LogP contribution in [-0.4, -0.2) is 4.57 Å². The van der Waals surface area contributed by atoms with Crippen molar-refractivity contribution in [1.29, 1.82) is 0 Å². The number of hydrogen-bond acceptors (Lipinski definition) is 1. The molecule has 0 atom stereocenters. The summed E-state index contributed by atoms with van der Waals surface area (Å²) in [6.07, 6.45) is 0. The number of rotatable bonds is 7. The Hall–Kier alpha value is -8.20. The smallest absolute Gasteiger partial charge is 0.0541 e. The molecule has 0 spiro atoms. The molecule has 12 aromatic rings. The number of para-hydroxylation sites is 3. The summed E-state index contributed by atoms with van der Waals surface area (Å²) >= 11 is 0. The topological polar surface area (TPSA) is 8.17 Å². The standard InChI is InChI=1S/C60H40N2/c1-2-12-41(13-3-1)42-22-31-48(32-23-42)61(49-33-24-43(25-34-49)46-29-37-52-47(40-46)30-39-54-51-15-5-4-14-44(51)28-38-55(52)54)50-35-26-45(27-36-50)53-16-6-9-19-58(53)62-59-20-10-7-17-56(59)57-18-8-11-21-60(57)62/h1-40H. The molecule has 290 valence electrons. The summed E-state index contributed by atoms with van der Waals surface area (Å²) in [5.74, 6) is 0. The van der Waals surface area contributed by atoms with Crippen LogP contribution in [0.5, 0.6) is 0 Å². The van der Waals surface area contributed by atoms with Crippen molar-refractivity contribution >= 4 is 71.2 Å². The van der Waals surface area contributed by atoms with E-state index in [9.17, 15) is 0 Å². The molecule has 12 rings (SSSR count). The lowest BCUT2D eigenvalue weighted by molar-refractivity contribution is 1.18. The Bertz CT molecular complexity index is 3550. The van der Waals surface area contributed by atoms with Crippen LogP contribution in [0.25, 0.3) is 93.2 Å². The first-order chi connectivity index (χ1) is 30.7. The molecule has 0 radical (unpaired) electrons. The first-order valence-electron chi connectivity index (χ1n) is 21.3. The Morgan fingerprint density at radius 1 is 0.258 bits per heavy atom. The third kappa shape index (κ3) is 6.04. The largest absolute Gasteiger partial charge is 0.311 e. The lowest BCUT2D eigenvalue weighted by Gasteiger charge is -2.26. The highest BCUT2D eigenvalue weighted by atomic mass is 15.1. The Morgan fingerprint density at radius 3 is 1.34 bits per heavy atom. The number of fused-ring (bicyclic) bond motifs is 8. The molecule has 62 heavy (non-hydrogen) atoms. The fourth-order valence-electron chi connectivity index (χ4n) is 9.58. The van der Waals surface area contributed by atoms with Gasteiger partial charge in [0.15, 0.2) is 0 Å². The Morgan fingerprint density at radius 2 is 0.694 bits per heavy atom. The molecule has 0 saturated heterocycles. The molecule has 0 amide bonds. The zero-order valence-corrected chi connectivity index (χ0v) is 34.0. The molecule has 0 unspecified atom stereocenters. The molecular formula is C60H40N2. The van der Waals surface area contributed by atoms with E-state index >= 15 is 0 Å². The average molecular weight is 789 g/mol. The monoisotopic (exact) mass is 788 g/mol. The minimum atomic E-state index is 1.09. The Kier molecular flexibility index (Phi) is 8.53. The minimum absolute atomic E-state index is 1.09. The molecule has 1 heterocycles. The van der Waals surface area contributed by atoms with Crippen LogP contribution in [0.3, 0.4) is 0 Å². The Labute approximate surface area is 360 Å². The predicted octanol–water partition coefficient (Wildman–Crippen LogP) is 16.7. The van der Waals surface area contributed by atoms with Crippen molar-refractivity contribution < 1.29 is 0 Å². The van der Waals surface area contributed by atoms with Crippen LogP contribution >= 0.6 is 0 Å². The van der Waals surface area contributed by atoms with E-state index in [4.69, 9.17) is 0 Å². The van der Waals surface area contributed by atoms with Crippen LogP contribution < -0.4 is 4.90 Å². The molecule has 0 bridgehead atoms. The first kappa shape index (κ1) is 35.7. The van der Waals surface area contributed by atoms with Crippen molar-refractivity contribution in [2.75, 3.05) is 4.90 Å². The van der Waals surface area contributed by atoms with Gasteiger partial charge in [0.1, 0.15) is 0 Å². The quantitative estimate of drug-likeness (QED) is 0.146. The molecule has 2 heteroatoms. The maximum absolute atomic E-state index is 2.41. The van der Waals surface area contributed by atoms with Gasteiger partial charge in [-0.1, -0.05) is 182 Å². The van der Waals surface area contributed by atoms with Gasteiger partial charge in [-0.15, -0.1) is 0 Å². The van der Waals surface area contributed by atoms with Gasteiger partial charge >= 0.3 is 0 Å². The van der Waals surface area contributed by atoms with E-state index in [-0.39, 0.29) is 0 Å². The summed E-state index contributed by atoms with van der Waals surface area (Å²) in [4.78, 5) is 2.36. The molecule has 1 aromatic heterocycles. The van der Waals surface area contributed by atoms with Gasteiger partial charge in [0.25, 0.3) is 0 Å². The SMILES string of the molecule is c1ccc(-c2ccc(N(c3ccc(-c4ccc5c(ccc6c7ccccc7ccc56)c4)cc3)c3ccc(-c4ccccc4-n4c5ccccc5c5ccccc54)cc3)cc2)cc1. The highest BCUT2D eigenvalue weighted by Crippen LogP contribution is 2.41. The summed E-state index contributed by atoms with van der Waals surface area (Å²) < 4.78 is 2.41. The highest BCUT2D eigenvalue weighted by molar-refractivity contribution is 6.17. The van der Waals surface area contributed by atoms with Crippen LogP contribution in [-0.2, 0) is 0 Å². The van der Waals surface area contributed by atoms with Gasteiger partial charge in [-0.3, -0.25) is 0 Å². The second-order valence-electron chi connectivity index (χ2n) is 16.1. The van der Waals surface area contributed by atoms with E-state index in [0.29, 0.717) is 0 Å². The number of nitrogens with zero attached hydrogens (tertiary/aromatic N) is 2. The molecule has 0 aliphatic carbocycles. The zero-order valence-electron chi connectivity index (χ0n) is 34.0. The molecule has 0 aliphatic heterocycles. The van der Waals surface area contributed by atoms with Crippen LogP contribution in [0.4, 0.5) is 17.1 Å². The highest BCUT2D eigenvalue weighted by Gasteiger charge is 2.17. The first-order valence-corrected chi connectivity index (χ1v) is 21.3. The van der Waals surface area contributed by atoms with Crippen molar-refractivity contribution in [3.63, 3.8) is 0 Å². The number of aromatic nitrogens is 1.